The molecule has 90 valence electrons. The van der Waals surface area contributed by atoms with Gasteiger partial charge in [0, 0.05) is 17.6 Å². The highest BCUT2D eigenvalue weighted by molar-refractivity contribution is 9.10. The van der Waals surface area contributed by atoms with E-state index in [4.69, 9.17) is 0 Å². The van der Waals surface area contributed by atoms with Crippen molar-refractivity contribution in [2.24, 2.45) is 0 Å². The van der Waals surface area contributed by atoms with Crippen LogP contribution in [-0.4, -0.2) is 14.8 Å². The van der Waals surface area contributed by atoms with Gasteiger partial charge in [0.1, 0.15) is 12.2 Å². The second-order valence-electron chi connectivity index (χ2n) is 3.72. The number of aryl methyl sites for hydroxylation is 1. The molecule has 1 aromatic heterocycles. The van der Waals surface area contributed by atoms with Gasteiger partial charge in [-0.3, -0.25) is 0 Å². The smallest absolute Gasteiger partial charge is 0.140 e. The highest BCUT2D eigenvalue weighted by Crippen LogP contribution is 2.10. The minimum Gasteiger partial charge on any atom is -0.306 e. The average Bonchev–Trinajstić information content (AvgIpc) is 2.79. The maximum absolute atomic E-state index is 4.21. The second-order valence-corrected chi connectivity index (χ2v) is 4.64. The predicted molar refractivity (Wildman–Crippen MR) is 70.4 cm³/mol. The van der Waals surface area contributed by atoms with Crippen molar-refractivity contribution < 1.29 is 0 Å². The summed E-state index contributed by atoms with van der Waals surface area (Å²) in [5, 5.41) is 7.49. The lowest BCUT2D eigenvalue weighted by Gasteiger charge is -2.05. The van der Waals surface area contributed by atoms with E-state index in [-0.39, 0.29) is 0 Å². The first-order valence-electron chi connectivity index (χ1n) is 5.61. The highest BCUT2D eigenvalue weighted by Gasteiger charge is 2.01. The number of halogens is 1. The maximum Gasteiger partial charge on any atom is 0.140 e. The Hall–Kier alpha value is -1.20. The number of benzene rings is 1. The van der Waals surface area contributed by atoms with Crippen LogP contribution in [0.4, 0.5) is 0 Å². The zero-order valence-corrected chi connectivity index (χ0v) is 11.3. The normalized spacial score (nSPS) is 10.7. The highest BCUT2D eigenvalue weighted by atomic mass is 79.9. The molecular formula is C12H15BrN4. The molecule has 4 nitrogen and oxygen atoms in total. The van der Waals surface area contributed by atoms with Crippen LogP contribution in [0, 0.1) is 0 Å². The van der Waals surface area contributed by atoms with Gasteiger partial charge in [-0.05, 0) is 24.6 Å². The van der Waals surface area contributed by atoms with Gasteiger partial charge < -0.3 is 5.32 Å². The Kier molecular flexibility index (Phi) is 4.28. The quantitative estimate of drug-likeness (QED) is 0.920. The summed E-state index contributed by atoms with van der Waals surface area (Å²) in [5.74, 6) is 0.976. The molecule has 1 heterocycles. The van der Waals surface area contributed by atoms with Crippen LogP contribution in [0.2, 0.25) is 0 Å². The van der Waals surface area contributed by atoms with E-state index >= 15 is 0 Å². The minimum absolute atomic E-state index is 0.740. The Bertz CT molecular complexity index is 464. The van der Waals surface area contributed by atoms with E-state index in [1.54, 1.807) is 6.33 Å². The molecule has 0 atom stereocenters. The minimum atomic E-state index is 0.740. The summed E-state index contributed by atoms with van der Waals surface area (Å²) in [7, 11) is 0. The molecular weight excluding hydrogens is 280 g/mol. The Balaban J connectivity index is 1.85. The zero-order valence-electron chi connectivity index (χ0n) is 9.73. The van der Waals surface area contributed by atoms with Crippen LogP contribution in [0.3, 0.4) is 0 Å². The van der Waals surface area contributed by atoms with Crippen LogP contribution in [0.25, 0.3) is 0 Å². The first-order chi connectivity index (χ1) is 8.29. The fourth-order valence-corrected chi connectivity index (χ4v) is 1.87. The van der Waals surface area contributed by atoms with Gasteiger partial charge in [-0.1, -0.05) is 28.1 Å². The molecule has 5 heteroatoms. The molecule has 2 rings (SSSR count). The molecule has 0 bridgehead atoms. The molecule has 0 unspecified atom stereocenters. The van der Waals surface area contributed by atoms with E-state index in [1.165, 1.54) is 5.56 Å². The van der Waals surface area contributed by atoms with Gasteiger partial charge in [-0.25, -0.2) is 9.67 Å². The molecule has 17 heavy (non-hydrogen) atoms. The summed E-state index contributed by atoms with van der Waals surface area (Å²) in [4.78, 5) is 4.21. The third-order valence-electron chi connectivity index (χ3n) is 2.52. The van der Waals surface area contributed by atoms with Crippen LogP contribution in [0.5, 0.6) is 0 Å². The molecule has 0 amide bonds. The fourth-order valence-electron chi connectivity index (χ4n) is 1.61. The summed E-state index contributed by atoms with van der Waals surface area (Å²) in [6.07, 6.45) is 1.60. The monoisotopic (exact) mass is 294 g/mol. The van der Waals surface area contributed by atoms with E-state index in [9.17, 15) is 0 Å². The standard InChI is InChI=1S/C12H15BrN4/c1-2-17-12(15-9-16-17)8-14-7-10-3-5-11(13)6-4-10/h3-6,9,14H,2,7-8H2,1H3. The molecule has 0 aliphatic carbocycles. The van der Waals surface area contributed by atoms with Crippen LogP contribution in [-0.2, 0) is 19.6 Å². The van der Waals surface area contributed by atoms with Gasteiger partial charge in [0.25, 0.3) is 0 Å². The second kappa shape index (κ2) is 5.93. The van der Waals surface area contributed by atoms with E-state index < -0.39 is 0 Å². The van der Waals surface area contributed by atoms with Crippen LogP contribution < -0.4 is 5.32 Å². The van der Waals surface area contributed by atoms with E-state index in [1.807, 2.05) is 16.8 Å². The maximum atomic E-state index is 4.21. The molecule has 1 aromatic carbocycles. The van der Waals surface area contributed by atoms with Crippen molar-refractivity contribution in [3.8, 4) is 0 Å². The number of hydrogen-bond acceptors (Lipinski definition) is 3. The largest absolute Gasteiger partial charge is 0.306 e. The lowest BCUT2D eigenvalue weighted by molar-refractivity contribution is 0.572. The number of nitrogens with zero attached hydrogens (tertiary/aromatic N) is 3. The number of rotatable bonds is 5. The van der Waals surface area contributed by atoms with Crippen molar-refractivity contribution in [3.05, 3.63) is 46.5 Å². The Morgan fingerprint density at radius 1 is 1.24 bits per heavy atom. The van der Waals surface area contributed by atoms with Gasteiger partial charge in [-0.2, -0.15) is 5.10 Å². The van der Waals surface area contributed by atoms with Gasteiger partial charge in [0.2, 0.25) is 0 Å². The van der Waals surface area contributed by atoms with Gasteiger partial charge >= 0.3 is 0 Å². The fraction of sp³-hybridized carbons (Fsp3) is 0.333. The molecule has 0 spiro atoms. The van der Waals surface area contributed by atoms with Crippen molar-refractivity contribution >= 4 is 15.9 Å². The number of hydrogen-bond donors (Lipinski definition) is 1. The van der Waals surface area contributed by atoms with Crippen LogP contribution >= 0.6 is 15.9 Å². The topological polar surface area (TPSA) is 42.7 Å². The Morgan fingerprint density at radius 2 is 2.00 bits per heavy atom. The summed E-state index contributed by atoms with van der Waals surface area (Å²) < 4.78 is 3.00. The van der Waals surface area contributed by atoms with E-state index in [2.05, 4.69) is 50.4 Å². The van der Waals surface area contributed by atoms with Crippen molar-refractivity contribution in [1.29, 1.82) is 0 Å². The molecule has 0 fully saturated rings. The first-order valence-corrected chi connectivity index (χ1v) is 6.40. The van der Waals surface area contributed by atoms with E-state index in [0.717, 1.165) is 29.9 Å². The molecule has 1 N–H and O–H groups in total. The molecule has 0 aliphatic heterocycles. The van der Waals surface area contributed by atoms with Crippen molar-refractivity contribution in [2.45, 2.75) is 26.6 Å². The summed E-state index contributed by atoms with van der Waals surface area (Å²) in [6, 6.07) is 8.29. The lowest BCUT2D eigenvalue weighted by atomic mass is 10.2. The van der Waals surface area contributed by atoms with Gasteiger partial charge in [0.15, 0.2) is 0 Å². The average molecular weight is 295 g/mol. The molecule has 2 aromatic rings. The van der Waals surface area contributed by atoms with E-state index in [0.29, 0.717) is 0 Å². The van der Waals surface area contributed by atoms with Gasteiger partial charge in [-0.15, -0.1) is 0 Å². The molecule has 0 saturated heterocycles. The predicted octanol–water partition coefficient (Wildman–Crippen LogP) is 2.35. The van der Waals surface area contributed by atoms with Gasteiger partial charge in [0.05, 0.1) is 6.54 Å². The number of aromatic nitrogens is 3. The first kappa shape index (κ1) is 12.3. The SMILES string of the molecule is CCn1ncnc1CNCc1ccc(Br)cc1. The molecule has 0 radical (unpaired) electrons. The lowest BCUT2D eigenvalue weighted by Crippen LogP contribution is -2.16. The van der Waals surface area contributed by atoms with Crippen molar-refractivity contribution in [1.82, 2.24) is 20.1 Å². The number of nitrogens with one attached hydrogen (secondary N) is 1. The van der Waals surface area contributed by atoms with Crippen molar-refractivity contribution in [2.75, 3.05) is 0 Å². The zero-order chi connectivity index (χ0) is 12.1. The molecule has 0 aliphatic rings. The van der Waals surface area contributed by atoms with Crippen molar-refractivity contribution in [3.63, 3.8) is 0 Å². The third kappa shape index (κ3) is 3.38. The van der Waals surface area contributed by atoms with Crippen LogP contribution in [0.15, 0.2) is 35.1 Å². The molecule has 0 saturated carbocycles. The summed E-state index contributed by atoms with van der Waals surface area (Å²) in [5.41, 5.74) is 1.26. The van der Waals surface area contributed by atoms with Crippen LogP contribution in [0.1, 0.15) is 18.3 Å². The third-order valence-corrected chi connectivity index (χ3v) is 3.05. The Labute approximate surface area is 109 Å². The summed E-state index contributed by atoms with van der Waals surface area (Å²) in [6.45, 7) is 4.50. The summed E-state index contributed by atoms with van der Waals surface area (Å²) >= 11 is 3.42. The Morgan fingerprint density at radius 3 is 2.71 bits per heavy atom.